The molecular weight excluding hydrogens is 226 g/mol. The van der Waals surface area contributed by atoms with Crippen LogP contribution in [0.4, 0.5) is 5.69 Å². The highest BCUT2D eigenvalue weighted by atomic mass is 16.5. The van der Waals surface area contributed by atoms with Crippen molar-refractivity contribution in [2.24, 2.45) is 0 Å². The van der Waals surface area contributed by atoms with Gasteiger partial charge in [0.2, 0.25) is 0 Å². The van der Waals surface area contributed by atoms with E-state index in [1.54, 1.807) is 0 Å². The third kappa shape index (κ3) is 3.56. The lowest BCUT2D eigenvalue weighted by atomic mass is 10.2. The minimum Gasteiger partial charge on any atom is -0.490 e. The van der Waals surface area contributed by atoms with E-state index in [9.17, 15) is 0 Å². The Hall–Kier alpha value is -1.38. The molecule has 0 bridgehead atoms. The molecule has 2 rings (SSSR count). The fraction of sp³-hybridized carbons (Fsp3) is 0.600. The van der Waals surface area contributed by atoms with Crippen LogP contribution in [0.3, 0.4) is 0 Å². The number of ether oxygens (including phenoxy) is 2. The van der Waals surface area contributed by atoms with Gasteiger partial charge in [0.15, 0.2) is 0 Å². The van der Waals surface area contributed by atoms with Crippen molar-refractivity contribution in [2.75, 3.05) is 19.0 Å². The summed E-state index contributed by atoms with van der Waals surface area (Å²) in [7, 11) is 4.04. The minimum absolute atomic E-state index is 0.191. The molecular formula is C15H23NO2. The van der Waals surface area contributed by atoms with Crippen molar-refractivity contribution in [3.05, 3.63) is 18.2 Å². The lowest BCUT2D eigenvalue weighted by molar-refractivity contribution is 0.131. The quantitative estimate of drug-likeness (QED) is 0.815. The zero-order valence-corrected chi connectivity index (χ0v) is 12.0. The second-order valence-corrected chi connectivity index (χ2v) is 6.06. The van der Waals surface area contributed by atoms with E-state index in [-0.39, 0.29) is 5.60 Å². The molecule has 1 aliphatic rings. The molecule has 0 heterocycles. The van der Waals surface area contributed by atoms with Crippen LogP contribution in [0.25, 0.3) is 0 Å². The number of anilines is 1. The van der Waals surface area contributed by atoms with Gasteiger partial charge in [0.05, 0.1) is 11.8 Å². The van der Waals surface area contributed by atoms with Crippen molar-refractivity contribution in [3.63, 3.8) is 0 Å². The average molecular weight is 249 g/mol. The van der Waals surface area contributed by atoms with Crippen LogP contribution in [0, 0.1) is 0 Å². The van der Waals surface area contributed by atoms with Crippen LogP contribution in [-0.4, -0.2) is 25.8 Å². The molecule has 0 aromatic heterocycles. The molecule has 1 fully saturated rings. The van der Waals surface area contributed by atoms with Crippen LogP contribution in [-0.2, 0) is 0 Å². The first-order valence-electron chi connectivity index (χ1n) is 6.52. The zero-order valence-electron chi connectivity index (χ0n) is 12.0. The largest absolute Gasteiger partial charge is 0.490 e. The van der Waals surface area contributed by atoms with E-state index < -0.39 is 0 Å². The van der Waals surface area contributed by atoms with Crippen LogP contribution < -0.4 is 14.4 Å². The normalized spacial score (nSPS) is 15.4. The summed E-state index contributed by atoms with van der Waals surface area (Å²) in [5.74, 6) is 1.83. The van der Waals surface area contributed by atoms with E-state index in [2.05, 4.69) is 31.7 Å². The van der Waals surface area contributed by atoms with Gasteiger partial charge in [0.25, 0.3) is 0 Å². The summed E-state index contributed by atoms with van der Waals surface area (Å²) in [4.78, 5) is 2.06. The zero-order chi connectivity index (χ0) is 13.3. The second-order valence-electron chi connectivity index (χ2n) is 6.06. The van der Waals surface area contributed by atoms with E-state index in [0.717, 1.165) is 17.2 Å². The number of hydrogen-bond acceptors (Lipinski definition) is 3. The molecule has 0 radical (unpaired) electrons. The lowest BCUT2D eigenvalue weighted by Crippen LogP contribution is -2.24. The molecule has 1 saturated carbocycles. The van der Waals surface area contributed by atoms with Crippen LogP contribution in [0.1, 0.15) is 33.6 Å². The maximum atomic E-state index is 5.97. The predicted molar refractivity (Wildman–Crippen MR) is 74.8 cm³/mol. The molecule has 3 heteroatoms. The highest BCUT2D eigenvalue weighted by Crippen LogP contribution is 2.35. The Balaban J connectivity index is 2.22. The Bertz CT molecular complexity index is 417. The Morgan fingerprint density at radius 1 is 1.17 bits per heavy atom. The fourth-order valence-electron chi connectivity index (χ4n) is 1.71. The van der Waals surface area contributed by atoms with E-state index in [0.29, 0.717) is 6.10 Å². The van der Waals surface area contributed by atoms with Crippen molar-refractivity contribution in [1.29, 1.82) is 0 Å². The molecule has 3 nitrogen and oxygen atoms in total. The SMILES string of the molecule is CN(C)c1cc(OC2CC2)ccc1OC(C)(C)C. The molecule has 0 atom stereocenters. The van der Waals surface area contributed by atoms with Crippen LogP contribution >= 0.6 is 0 Å². The predicted octanol–water partition coefficient (Wildman–Crippen LogP) is 3.47. The Morgan fingerprint density at radius 3 is 2.33 bits per heavy atom. The summed E-state index contributed by atoms with van der Waals surface area (Å²) in [5, 5.41) is 0. The summed E-state index contributed by atoms with van der Waals surface area (Å²) < 4.78 is 11.8. The van der Waals surface area contributed by atoms with E-state index in [1.807, 2.05) is 26.2 Å². The van der Waals surface area contributed by atoms with Crippen molar-refractivity contribution in [3.8, 4) is 11.5 Å². The standard InChI is InChI=1S/C15H23NO2/c1-15(2,3)18-14-9-8-12(17-11-6-7-11)10-13(14)16(4)5/h8-11H,6-7H2,1-5H3. The smallest absolute Gasteiger partial charge is 0.143 e. The third-order valence-electron chi connectivity index (χ3n) is 2.66. The van der Waals surface area contributed by atoms with Gasteiger partial charge in [-0.3, -0.25) is 0 Å². The average Bonchev–Trinajstić information content (AvgIpc) is 3.01. The lowest BCUT2D eigenvalue weighted by Gasteiger charge is -2.26. The van der Waals surface area contributed by atoms with Gasteiger partial charge in [-0.15, -0.1) is 0 Å². The van der Waals surface area contributed by atoms with Gasteiger partial charge in [0.1, 0.15) is 17.1 Å². The van der Waals surface area contributed by atoms with Crippen LogP contribution in [0.15, 0.2) is 18.2 Å². The van der Waals surface area contributed by atoms with E-state index in [1.165, 1.54) is 12.8 Å². The maximum Gasteiger partial charge on any atom is 0.143 e. The van der Waals surface area contributed by atoms with Crippen molar-refractivity contribution in [1.82, 2.24) is 0 Å². The van der Waals surface area contributed by atoms with Gasteiger partial charge in [-0.2, -0.15) is 0 Å². The molecule has 0 amide bonds. The van der Waals surface area contributed by atoms with Gasteiger partial charge in [-0.05, 0) is 45.7 Å². The topological polar surface area (TPSA) is 21.7 Å². The van der Waals surface area contributed by atoms with Crippen LogP contribution in [0.5, 0.6) is 11.5 Å². The second kappa shape index (κ2) is 4.71. The first kappa shape index (κ1) is 13.1. The molecule has 100 valence electrons. The molecule has 0 N–H and O–H groups in total. The summed E-state index contributed by atoms with van der Waals surface area (Å²) >= 11 is 0. The Labute approximate surface area is 110 Å². The Morgan fingerprint density at radius 2 is 1.83 bits per heavy atom. The van der Waals surface area contributed by atoms with E-state index >= 15 is 0 Å². The van der Waals surface area contributed by atoms with Crippen molar-refractivity contribution >= 4 is 5.69 Å². The summed E-state index contributed by atoms with van der Waals surface area (Å²) in [5.41, 5.74) is 0.868. The summed E-state index contributed by atoms with van der Waals surface area (Å²) in [6.07, 6.45) is 2.78. The molecule has 1 aliphatic carbocycles. The first-order chi connectivity index (χ1) is 8.35. The highest BCUT2D eigenvalue weighted by Gasteiger charge is 2.24. The Kier molecular flexibility index (Phi) is 3.42. The monoisotopic (exact) mass is 249 g/mol. The molecule has 0 unspecified atom stereocenters. The van der Waals surface area contributed by atoms with Gasteiger partial charge in [0, 0.05) is 20.2 Å². The molecule has 18 heavy (non-hydrogen) atoms. The van der Waals surface area contributed by atoms with Gasteiger partial charge in [-0.1, -0.05) is 0 Å². The molecule has 0 spiro atoms. The molecule has 0 aliphatic heterocycles. The number of hydrogen-bond donors (Lipinski definition) is 0. The van der Waals surface area contributed by atoms with Crippen molar-refractivity contribution in [2.45, 2.75) is 45.3 Å². The maximum absolute atomic E-state index is 5.97. The fourth-order valence-corrected chi connectivity index (χ4v) is 1.71. The molecule has 1 aromatic rings. The first-order valence-corrected chi connectivity index (χ1v) is 6.52. The summed E-state index contributed by atoms with van der Waals surface area (Å²) in [6.45, 7) is 6.17. The van der Waals surface area contributed by atoms with Gasteiger partial charge >= 0.3 is 0 Å². The highest BCUT2D eigenvalue weighted by molar-refractivity contribution is 5.61. The number of benzene rings is 1. The van der Waals surface area contributed by atoms with Crippen LogP contribution in [0.2, 0.25) is 0 Å². The third-order valence-corrected chi connectivity index (χ3v) is 2.66. The molecule has 1 aromatic carbocycles. The summed E-state index contributed by atoms with van der Waals surface area (Å²) in [6, 6.07) is 6.05. The minimum atomic E-state index is -0.191. The van der Waals surface area contributed by atoms with Gasteiger partial charge < -0.3 is 14.4 Å². The molecule has 0 saturated heterocycles. The van der Waals surface area contributed by atoms with Crippen molar-refractivity contribution < 1.29 is 9.47 Å². The number of nitrogens with zero attached hydrogens (tertiary/aromatic N) is 1. The van der Waals surface area contributed by atoms with E-state index in [4.69, 9.17) is 9.47 Å². The number of rotatable bonds is 4. The van der Waals surface area contributed by atoms with Gasteiger partial charge in [-0.25, -0.2) is 0 Å².